The predicted octanol–water partition coefficient (Wildman–Crippen LogP) is 4.73. The number of ether oxygens (including phenoxy) is 2. The number of sulfone groups is 1. The Morgan fingerprint density at radius 2 is 1.80 bits per heavy atom. The molecule has 0 aliphatic rings. The Balaban J connectivity index is 2.38. The largest absolute Gasteiger partial charge is 0.495 e. The topological polar surface area (TPSA) is 74.6 Å². The molecule has 0 aliphatic carbocycles. The Hall–Kier alpha value is -2.16. The molecule has 160 valence electrons. The van der Waals surface area contributed by atoms with Gasteiger partial charge in [0.25, 0.3) is 0 Å². The Kier molecular flexibility index (Phi) is 6.69. The fourth-order valence-electron chi connectivity index (χ4n) is 3.23. The standard InChI is InChI=1S/C21H22ClNO5S2/c1-5-30(25,26)17-11-10-16(27-3)20-19(17)21(13(2)23(20)12-18(24)28-4)29-15-8-6-14(22)7-9-15/h6-11H,5,12H2,1-4H3. The minimum atomic E-state index is -3.53. The quantitative estimate of drug-likeness (QED) is 0.467. The van der Waals surface area contributed by atoms with Crippen molar-refractivity contribution in [1.82, 2.24) is 4.57 Å². The van der Waals surface area contributed by atoms with Crippen molar-refractivity contribution in [2.24, 2.45) is 0 Å². The summed E-state index contributed by atoms with van der Waals surface area (Å²) in [6.45, 7) is 3.39. The molecule has 0 bridgehead atoms. The molecule has 0 spiro atoms. The van der Waals surface area contributed by atoms with Gasteiger partial charge in [0.15, 0.2) is 9.84 Å². The molecule has 9 heteroatoms. The molecule has 0 fully saturated rings. The van der Waals surface area contributed by atoms with E-state index >= 15 is 0 Å². The summed E-state index contributed by atoms with van der Waals surface area (Å²) in [6, 6.07) is 10.5. The van der Waals surface area contributed by atoms with Crippen LogP contribution in [0.5, 0.6) is 5.75 Å². The molecule has 0 aliphatic heterocycles. The molecule has 0 atom stereocenters. The molecular formula is C21H22ClNO5S2. The van der Waals surface area contributed by atoms with Gasteiger partial charge in [0, 0.05) is 25.9 Å². The normalized spacial score (nSPS) is 11.6. The molecule has 2 aromatic carbocycles. The van der Waals surface area contributed by atoms with Crippen LogP contribution in [0.2, 0.25) is 5.02 Å². The maximum absolute atomic E-state index is 12.9. The summed E-state index contributed by atoms with van der Waals surface area (Å²) in [6.07, 6.45) is 0. The Morgan fingerprint density at radius 1 is 1.13 bits per heavy atom. The van der Waals surface area contributed by atoms with Crippen LogP contribution in [0.4, 0.5) is 0 Å². The number of hydrogen-bond acceptors (Lipinski definition) is 6. The van der Waals surface area contributed by atoms with Crippen LogP contribution >= 0.6 is 23.4 Å². The third-order valence-electron chi connectivity index (χ3n) is 4.82. The summed E-state index contributed by atoms with van der Waals surface area (Å²) in [4.78, 5) is 13.9. The van der Waals surface area contributed by atoms with Crippen molar-refractivity contribution >= 4 is 50.1 Å². The highest BCUT2D eigenvalue weighted by atomic mass is 35.5. The van der Waals surface area contributed by atoms with Crippen LogP contribution in [0.25, 0.3) is 10.9 Å². The van der Waals surface area contributed by atoms with Gasteiger partial charge < -0.3 is 14.0 Å². The average molecular weight is 468 g/mol. The summed E-state index contributed by atoms with van der Waals surface area (Å²) < 4.78 is 37.9. The number of aromatic nitrogens is 1. The summed E-state index contributed by atoms with van der Waals surface area (Å²) in [7, 11) is -0.698. The second-order valence-corrected chi connectivity index (χ2v) is 10.3. The van der Waals surface area contributed by atoms with E-state index in [0.29, 0.717) is 21.7 Å². The minimum Gasteiger partial charge on any atom is -0.495 e. The van der Waals surface area contributed by atoms with Crippen molar-refractivity contribution in [2.45, 2.75) is 35.1 Å². The van der Waals surface area contributed by atoms with E-state index in [1.807, 2.05) is 19.1 Å². The lowest BCUT2D eigenvalue weighted by molar-refractivity contribution is -0.141. The molecule has 6 nitrogen and oxygen atoms in total. The van der Waals surface area contributed by atoms with Gasteiger partial charge in [0.1, 0.15) is 12.3 Å². The molecule has 0 amide bonds. The van der Waals surface area contributed by atoms with Gasteiger partial charge in [-0.2, -0.15) is 0 Å². The molecule has 0 unspecified atom stereocenters. The molecule has 1 heterocycles. The monoisotopic (exact) mass is 467 g/mol. The zero-order valence-electron chi connectivity index (χ0n) is 17.1. The number of carbonyl (C=O) groups is 1. The van der Waals surface area contributed by atoms with Crippen LogP contribution in [0.3, 0.4) is 0 Å². The molecule has 0 N–H and O–H groups in total. The molecule has 3 rings (SSSR count). The van der Waals surface area contributed by atoms with Gasteiger partial charge in [-0.05, 0) is 43.3 Å². The van der Waals surface area contributed by atoms with Crippen molar-refractivity contribution in [1.29, 1.82) is 0 Å². The molecule has 30 heavy (non-hydrogen) atoms. The summed E-state index contributed by atoms with van der Waals surface area (Å²) >= 11 is 7.42. The maximum atomic E-state index is 12.9. The second-order valence-electron chi connectivity index (χ2n) is 6.53. The van der Waals surface area contributed by atoms with E-state index < -0.39 is 15.8 Å². The van der Waals surface area contributed by atoms with Crippen molar-refractivity contribution in [2.75, 3.05) is 20.0 Å². The molecule has 0 saturated heterocycles. The van der Waals surface area contributed by atoms with E-state index in [0.717, 1.165) is 15.5 Å². The molecule has 1 aromatic heterocycles. The van der Waals surface area contributed by atoms with Gasteiger partial charge in [-0.25, -0.2) is 8.42 Å². The van der Waals surface area contributed by atoms with Crippen LogP contribution in [0.1, 0.15) is 12.6 Å². The Morgan fingerprint density at radius 3 is 2.37 bits per heavy atom. The number of carbonyl (C=O) groups excluding carboxylic acids is 1. The van der Waals surface area contributed by atoms with Crippen molar-refractivity contribution in [3.05, 3.63) is 47.1 Å². The van der Waals surface area contributed by atoms with Crippen LogP contribution in [-0.2, 0) is 25.9 Å². The minimum absolute atomic E-state index is 0.0410. The third kappa shape index (κ3) is 4.17. The van der Waals surface area contributed by atoms with Crippen LogP contribution in [0.15, 0.2) is 51.1 Å². The zero-order valence-corrected chi connectivity index (χ0v) is 19.5. The van der Waals surface area contributed by atoms with Gasteiger partial charge in [0.05, 0.1) is 30.4 Å². The van der Waals surface area contributed by atoms with E-state index in [1.54, 1.807) is 35.8 Å². The van der Waals surface area contributed by atoms with Crippen LogP contribution in [0, 0.1) is 6.92 Å². The number of esters is 1. The van der Waals surface area contributed by atoms with E-state index in [9.17, 15) is 13.2 Å². The lowest BCUT2D eigenvalue weighted by Crippen LogP contribution is -2.13. The zero-order chi connectivity index (χ0) is 22.1. The summed E-state index contributed by atoms with van der Waals surface area (Å²) in [5, 5.41) is 1.15. The SMILES string of the molecule is CCS(=O)(=O)c1ccc(OC)c2c1c(Sc1ccc(Cl)cc1)c(C)n2CC(=O)OC. The number of rotatable bonds is 7. The molecule has 0 radical (unpaired) electrons. The van der Waals surface area contributed by atoms with E-state index in [-0.39, 0.29) is 17.2 Å². The van der Waals surface area contributed by atoms with Crippen molar-refractivity contribution < 1.29 is 22.7 Å². The fourth-order valence-corrected chi connectivity index (χ4v) is 5.59. The van der Waals surface area contributed by atoms with E-state index in [4.69, 9.17) is 21.1 Å². The first kappa shape index (κ1) is 22.5. The maximum Gasteiger partial charge on any atom is 0.325 e. The number of halogens is 1. The second kappa shape index (κ2) is 8.91. The van der Waals surface area contributed by atoms with E-state index in [1.165, 1.54) is 26.0 Å². The van der Waals surface area contributed by atoms with Gasteiger partial charge in [-0.3, -0.25) is 4.79 Å². The number of methoxy groups -OCH3 is 2. The predicted molar refractivity (Wildman–Crippen MR) is 119 cm³/mol. The first-order chi connectivity index (χ1) is 14.2. The van der Waals surface area contributed by atoms with Crippen LogP contribution in [-0.4, -0.2) is 38.9 Å². The first-order valence-electron chi connectivity index (χ1n) is 9.16. The van der Waals surface area contributed by atoms with Gasteiger partial charge in [-0.15, -0.1) is 0 Å². The number of benzene rings is 2. The number of fused-ring (bicyclic) bond motifs is 1. The van der Waals surface area contributed by atoms with Crippen molar-refractivity contribution in [3.63, 3.8) is 0 Å². The van der Waals surface area contributed by atoms with Crippen LogP contribution < -0.4 is 4.74 Å². The number of nitrogens with zero attached hydrogens (tertiary/aromatic N) is 1. The Labute approximate surface area is 185 Å². The molecule has 3 aromatic rings. The van der Waals surface area contributed by atoms with Gasteiger partial charge in [-0.1, -0.05) is 30.3 Å². The summed E-state index contributed by atoms with van der Waals surface area (Å²) in [5.74, 6) is -0.000352. The smallest absolute Gasteiger partial charge is 0.325 e. The van der Waals surface area contributed by atoms with E-state index in [2.05, 4.69) is 0 Å². The lowest BCUT2D eigenvalue weighted by Gasteiger charge is -2.11. The van der Waals surface area contributed by atoms with Gasteiger partial charge >= 0.3 is 5.97 Å². The third-order valence-corrected chi connectivity index (χ3v) is 8.05. The number of hydrogen-bond donors (Lipinski definition) is 0. The Bertz CT molecular complexity index is 1200. The molecular weight excluding hydrogens is 446 g/mol. The lowest BCUT2D eigenvalue weighted by atomic mass is 10.2. The first-order valence-corrected chi connectivity index (χ1v) is 12.0. The van der Waals surface area contributed by atoms with Gasteiger partial charge in [0.2, 0.25) is 0 Å². The highest BCUT2D eigenvalue weighted by Crippen LogP contribution is 2.44. The highest BCUT2D eigenvalue weighted by molar-refractivity contribution is 7.99. The van der Waals surface area contributed by atoms with Crippen molar-refractivity contribution in [3.8, 4) is 5.75 Å². The summed E-state index contributed by atoms with van der Waals surface area (Å²) in [5.41, 5.74) is 1.29. The molecule has 0 saturated carbocycles. The highest BCUT2D eigenvalue weighted by Gasteiger charge is 2.27. The average Bonchev–Trinajstić information content (AvgIpc) is 3.00. The fraction of sp³-hybridized carbons (Fsp3) is 0.286.